The van der Waals surface area contributed by atoms with Gasteiger partial charge in [0.05, 0.1) is 0 Å². The Bertz CT molecular complexity index is 979. The van der Waals surface area contributed by atoms with Crippen molar-refractivity contribution in [3.63, 3.8) is 0 Å². The van der Waals surface area contributed by atoms with Crippen LogP contribution in [0.4, 0.5) is 0 Å². The minimum absolute atomic E-state index is 0.251. The number of hydrogen-bond donors (Lipinski definition) is 2. The van der Waals surface area contributed by atoms with Crippen LogP contribution in [-0.4, -0.2) is 25.0 Å². The lowest BCUT2D eigenvalue weighted by atomic mass is 10.1. The monoisotopic (exact) mass is 410 g/mol. The Morgan fingerprint density at radius 3 is 2.14 bits per heavy atom. The largest absolute Gasteiger partial charge is 0.484 e. The molecule has 6 nitrogen and oxygen atoms in total. The molecule has 3 rings (SSSR count). The Hall–Kier alpha value is -3.51. The Morgan fingerprint density at radius 1 is 0.759 bits per heavy atom. The molecule has 0 aliphatic heterocycles. The summed E-state index contributed by atoms with van der Waals surface area (Å²) in [6.07, 6.45) is 0. The molecule has 0 aliphatic rings. The average Bonchev–Trinajstić information content (AvgIpc) is 2.75. The van der Waals surface area contributed by atoms with Crippen molar-refractivity contribution in [1.29, 1.82) is 0 Å². The Labute approximate surface area is 173 Å². The van der Waals surface area contributed by atoms with Gasteiger partial charge in [0.1, 0.15) is 11.5 Å². The van der Waals surface area contributed by atoms with Crippen molar-refractivity contribution in [2.24, 2.45) is 0 Å². The van der Waals surface area contributed by atoms with E-state index in [1.165, 1.54) is 0 Å². The number of rotatable bonds is 7. The van der Waals surface area contributed by atoms with Gasteiger partial charge in [0.25, 0.3) is 11.8 Å². The molecule has 148 valence electrons. The van der Waals surface area contributed by atoms with Gasteiger partial charge < -0.3 is 9.47 Å². The lowest BCUT2D eigenvalue weighted by Gasteiger charge is -2.12. The van der Waals surface area contributed by atoms with Crippen molar-refractivity contribution in [1.82, 2.24) is 10.9 Å². The van der Waals surface area contributed by atoms with Crippen molar-refractivity contribution < 1.29 is 19.1 Å². The van der Waals surface area contributed by atoms with Crippen LogP contribution in [0.1, 0.15) is 0 Å². The standard InChI is InChI=1S/C22H19ClN2O4/c23-17-9-6-10-18(13-17)28-14-21(26)24-25-22(27)15-29-20-12-5-4-11-19(20)16-7-2-1-3-8-16/h1-13H,14-15H2,(H,24,26)(H,25,27). The van der Waals surface area contributed by atoms with Crippen LogP contribution in [-0.2, 0) is 9.59 Å². The third-order valence-electron chi connectivity index (χ3n) is 3.84. The number of halogens is 1. The Morgan fingerprint density at radius 2 is 1.41 bits per heavy atom. The first-order valence-electron chi connectivity index (χ1n) is 8.85. The predicted octanol–water partition coefficient (Wildman–Crippen LogP) is 3.61. The summed E-state index contributed by atoms with van der Waals surface area (Å²) >= 11 is 5.85. The Balaban J connectivity index is 1.45. The zero-order valence-electron chi connectivity index (χ0n) is 15.4. The van der Waals surface area contributed by atoms with E-state index < -0.39 is 11.8 Å². The smallest absolute Gasteiger partial charge is 0.276 e. The van der Waals surface area contributed by atoms with Crippen LogP contribution in [0.2, 0.25) is 5.02 Å². The highest BCUT2D eigenvalue weighted by molar-refractivity contribution is 6.30. The third kappa shape index (κ3) is 6.26. The van der Waals surface area contributed by atoms with Gasteiger partial charge >= 0.3 is 0 Å². The summed E-state index contributed by atoms with van der Waals surface area (Å²) in [6, 6.07) is 23.8. The first kappa shape index (κ1) is 20.2. The van der Waals surface area contributed by atoms with E-state index in [4.69, 9.17) is 21.1 Å². The molecule has 29 heavy (non-hydrogen) atoms. The van der Waals surface area contributed by atoms with E-state index in [2.05, 4.69) is 10.9 Å². The van der Waals surface area contributed by atoms with E-state index in [1.54, 1.807) is 30.3 Å². The average molecular weight is 411 g/mol. The summed E-state index contributed by atoms with van der Waals surface area (Å²) in [6.45, 7) is -0.516. The molecule has 0 spiro atoms. The number of para-hydroxylation sites is 1. The van der Waals surface area contributed by atoms with Crippen molar-refractivity contribution in [3.05, 3.63) is 83.9 Å². The molecule has 0 saturated heterocycles. The lowest BCUT2D eigenvalue weighted by Crippen LogP contribution is -2.45. The summed E-state index contributed by atoms with van der Waals surface area (Å²) in [5.74, 6) is 0.0243. The molecule has 2 amide bonds. The highest BCUT2D eigenvalue weighted by atomic mass is 35.5. The predicted molar refractivity (Wildman–Crippen MR) is 111 cm³/mol. The topological polar surface area (TPSA) is 76.7 Å². The van der Waals surface area contributed by atoms with Crippen LogP contribution in [0.3, 0.4) is 0 Å². The summed E-state index contributed by atoms with van der Waals surface area (Å²) in [7, 11) is 0. The van der Waals surface area contributed by atoms with Gasteiger partial charge in [-0.05, 0) is 29.8 Å². The number of carbonyl (C=O) groups is 2. The molecule has 0 fully saturated rings. The van der Waals surface area contributed by atoms with Gasteiger partial charge in [-0.15, -0.1) is 0 Å². The highest BCUT2D eigenvalue weighted by Crippen LogP contribution is 2.29. The number of ether oxygens (including phenoxy) is 2. The normalized spacial score (nSPS) is 10.1. The molecule has 0 atom stereocenters. The molecule has 0 aromatic heterocycles. The van der Waals surface area contributed by atoms with E-state index in [1.807, 2.05) is 48.5 Å². The van der Waals surface area contributed by atoms with Gasteiger partial charge in [-0.2, -0.15) is 0 Å². The molecular weight excluding hydrogens is 392 g/mol. The quantitative estimate of drug-likeness (QED) is 0.583. The SMILES string of the molecule is O=C(COc1cccc(Cl)c1)NNC(=O)COc1ccccc1-c1ccccc1. The fourth-order valence-electron chi connectivity index (χ4n) is 2.51. The van der Waals surface area contributed by atoms with E-state index in [9.17, 15) is 9.59 Å². The van der Waals surface area contributed by atoms with E-state index in [-0.39, 0.29) is 13.2 Å². The number of carbonyl (C=O) groups excluding carboxylic acids is 2. The van der Waals surface area contributed by atoms with E-state index in [0.717, 1.165) is 11.1 Å². The summed E-state index contributed by atoms with van der Waals surface area (Å²) in [4.78, 5) is 23.8. The van der Waals surface area contributed by atoms with Crippen molar-refractivity contribution in [2.45, 2.75) is 0 Å². The second kappa shape index (κ2) is 10.1. The van der Waals surface area contributed by atoms with Gasteiger partial charge in [0.15, 0.2) is 13.2 Å². The summed E-state index contributed by atoms with van der Waals surface area (Å²) < 4.78 is 10.9. The molecular formula is C22H19ClN2O4. The second-order valence-electron chi connectivity index (χ2n) is 5.99. The molecule has 0 aliphatic carbocycles. The maximum Gasteiger partial charge on any atom is 0.276 e. The van der Waals surface area contributed by atoms with Crippen LogP contribution >= 0.6 is 11.6 Å². The van der Waals surface area contributed by atoms with Crippen LogP contribution in [0.15, 0.2) is 78.9 Å². The third-order valence-corrected chi connectivity index (χ3v) is 4.07. The molecule has 0 saturated carbocycles. The molecule has 3 aromatic carbocycles. The molecule has 0 radical (unpaired) electrons. The summed E-state index contributed by atoms with van der Waals surface area (Å²) in [5, 5.41) is 0.504. The van der Waals surface area contributed by atoms with Crippen molar-refractivity contribution >= 4 is 23.4 Å². The van der Waals surface area contributed by atoms with Crippen LogP contribution < -0.4 is 20.3 Å². The number of nitrogens with one attached hydrogen (secondary N) is 2. The van der Waals surface area contributed by atoms with Gasteiger partial charge in [-0.25, -0.2) is 0 Å². The molecule has 3 aromatic rings. The zero-order valence-corrected chi connectivity index (χ0v) is 16.2. The molecule has 0 unspecified atom stereocenters. The van der Waals surface area contributed by atoms with E-state index in [0.29, 0.717) is 16.5 Å². The van der Waals surface area contributed by atoms with Gasteiger partial charge in [-0.3, -0.25) is 20.4 Å². The minimum Gasteiger partial charge on any atom is -0.484 e. The fourth-order valence-corrected chi connectivity index (χ4v) is 2.69. The van der Waals surface area contributed by atoms with Crippen LogP contribution in [0, 0.1) is 0 Å². The first-order valence-corrected chi connectivity index (χ1v) is 9.23. The van der Waals surface area contributed by atoms with E-state index >= 15 is 0 Å². The van der Waals surface area contributed by atoms with Gasteiger partial charge in [0.2, 0.25) is 0 Å². The summed E-state index contributed by atoms with van der Waals surface area (Å²) in [5.41, 5.74) is 6.42. The molecule has 0 bridgehead atoms. The number of hydrazine groups is 1. The first-order chi connectivity index (χ1) is 14.1. The Kier molecular flexibility index (Phi) is 7.08. The number of hydrogen-bond acceptors (Lipinski definition) is 4. The molecule has 2 N–H and O–H groups in total. The minimum atomic E-state index is -0.511. The van der Waals surface area contributed by atoms with Crippen molar-refractivity contribution in [3.8, 4) is 22.6 Å². The fraction of sp³-hybridized carbons (Fsp3) is 0.0909. The maximum absolute atomic E-state index is 12.0. The number of amides is 2. The van der Waals surface area contributed by atoms with Crippen LogP contribution in [0.25, 0.3) is 11.1 Å². The zero-order chi connectivity index (χ0) is 20.5. The molecule has 0 heterocycles. The van der Waals surface area contributed by atoms with Crippen molar-refractivity contribution in [2.75, 3.05) is 13.2 Å². The van der Waals surface area contributed by atoms with Crippen LogP contribution in [0.5, 0.6) is 11.5 Å². The highest BCUT2D eigenvalue weighted by Gasteiger charge is 2.09. The number of benzene rings is 3. The second-order valence-corrected chi connectivity index (χ2v) is 6.43. The van der Waals surface area contributed by atoms with Gasteiger partial charge in [0, 0.05) is 10.6 Å². The molecule has 7 heteroatoms. The van der Waals surface area contributed by atoms with Gasteiger partial charge in [-0.1, -0.05) is 66.2 Å². The maximum atomic E-state index is 12.0. The lowest BCUT2D eigenvalue weighted by molar-refractivity contribution is -0.131.